The van der Waals surface area contributed by atoms with Crippen molar-refractivity contribution in [1.29, 1.82) is 0 Å². The molecule has 2 aliphatic rings. The zero-order valence-corrected chi connectivity index (χ0v) is 16.1. The van der Waals surface area contributed by atoms with Crippen LogP contribution in [0.3, 0.4) is 0 Å². The zero-order chi connectivity index (χ0) is 18.8. The molecule has 2 aromatic carbocycles. The summed E-state index contributed by atoms with van der Waals surface area (Å²) in [7, 11) is 1.71. The SMILES string of the molecule is COc1ccccc1N1CCN(CC(=O)N2c3ccccc3CC2C)CC1. The quantitative estimate of drug-likeness (QED) is 0.835. The number of carbonyl (C=O) groups excluding carboxylic acids is 1. The number of para-hydroxylation sites is 3. The first-order valence-electron chi connectivity index (χ1n) is 9.67. The van der Waals surface area contributed by atoms with E-state index in [4.69, 9.17) is 4.74 Å². The summed E-state index contributed by atoms with van der Waals surface area (Å²) in [6.45, 7) is 6.19. The minimum Gasteiger partial charge on any atom is -0.495 e. The molecule has 5 nitrogen and oxygen atoms in total. The molecule has 2 aliphatic heterocycles. The fourth-order valence-electron chi connectivity index (χ4n) is 4.25. The van der Waals surface area contributed by atoms with Gasteiger partial charge in [-0.2, -0.15) is 0 Å². The molecule has 1 amide bonds. The first kappa shape index (κ1) is 17.9. The summed E-state index contributed by atoms with van der Waals surface area (Å²) in [6.07, 6.45) is 0.948. The van der Waals surface area contributed by atoms with E-state index in [-0.39, 0.29) is 11.9 Å². The van der Waals surface area contributed by atoms with Crippen molar-refractivity contribution in [2.75, 3.05) is 49.6 Å². The molecule has 2 heterocycles. The summed E-state index contributed by atoms with van der Waals surface area (Å²) in [6, 6.07) is 16.6. The van der Waals surface area contributed by atoms with Crippen molar-refractivity contribution in [2.45, 2.75) is 19.4 Å². The van der Waals surface area contributed by atoms with Crippen LogP contribution in [-0.4, -0.2) is 56.7 Å². The molecule has 0 saturated carbocycles. The molecule has 0 N–H and O–H groups in total. The minimum atomic E-state index is 0.207. The predicted molar refractivity (Wildman–Crippen MR) is 109 cm³/mol. The number of amides is 1. The monoisotopic (exact) mass is 365 g/mol. The Bertz CT molecular complexity index is 815. The van der Waals surface area contributed by atoms with Crippen molar-refractivity contribution >= 4 is 17.3 Å². The van der Waals surface area contributed by atoms with Gasteiger partial charge in [-0.25, -0.2) is 0 Å². The van der Waals surface area contributed by atoms with Gasteiger partial charge in [-0.3, -0.25) is 9.69 Å². The average Bonchev–Trinajstić information content (AvgIpc) is 3.04. The summed E-state index contributed by atoms with van der Waals surface area (Å²) in [5.41, 5.74) is 3.50. The fraction of sp³-hybridized carbons (Fsp3) is 0.409. The van der Waals surface area contributed by atoms with Gasteiger partial charge in [0.1, 0.15) is 5.75 Å². The summed E-state index contributed by atoms with van der Waals surface area (Å²) in [5.74, 6) is 1.11. The van der Waals surface area contributed by atoms with Crippen molar-refractivity contribution in [3.63, 3.8) is 0 Å². The summed E-state index contributed by atoms with van der Waals surface area (Å²) in [5, 5.41) is 0. The highest BCUT2D eigenvalue weighted by Gasteiger charge is 2.32. The Balaban J connectivity index is 1.38. The zero-order valence-electron chi connectivity index (χ0n) is 16.1. The van der Waals surface area contributed by atoms with E-state index in [1.54, 1.807) is 7.11 Å². The summed E-state index contributed by atoms with van der Waals surface area (Å²) in [4.78, 5) is 19.6. The van der Waals surface area contributed by atoms with Gasteiger partial charge in [-0.1, -0.05) is 30.3 Å². The highest BCUT2D eigenvalue weighted by Crippen LogP contribution is 2.32. The number of hydrogen-bond donors (Lipinski definition) is 0. The van der Waals surface area contributed by atoms with Crippen LogP contribution in [0.1, 0.15) is 12.5 Å². The molecule has 5 heteroatoms. The molecular weight excluding hydrogens is 338 g/mol. The van der Waals surface area contributed by atoms with E-state index in [2.05, 4.69) is 41.0 Å². The lowest BCUT2D eigenvalue weighted by Gasteiger charge is -2.37. The second-order valence-corrected chi connectivity index (χ2v) is 7.38. The normalized spacial score (nSPS) is 19.9. The number of ether oxygens (including phenoxy) is 1. The number of methoxy groups -OCH3 is 1. The maximum absolute atomic E-state index is 13.0. The Morgan fingerprint density at radius 3 is 2.41 bits per heavy atom. The third-order valence-corrected chi connectivity index (χ3v) is 5.63. The van der Waals surface area contributed by atoms with Crippen LogP contribution >= 0.6 is 0 Å². The number of hydrogen-bond acceptors (Lipinski definition) is 4. The Kier molecular flexibility index (Phi) is 5.03. The lowest BCUT2D eigenvalue weighted by molar-refractivity contribution is -0.120. The molecular formula is C22H27N3O2. The van der Waals surface area contributed by atoms with E-state index in [0.29, 0.717) is 6.54 Å². The average molecular weight is 365 g/mol. The second-order valence-electron chi connectivity index (χ2n) is 7.38. The van der Waals surface area contributed by atoms with E-state index in [1.807, 2.05) is 29.2 Å². The van der Waals surface area contributed by atoms with Crippen molar-refractivity contribution in [3.05, 3.63) is 54.1 Å². The number of piperazine rings is 1. The first-order valence-corrected chi connectivity index (χ1v) is 9.67. The van der Waals surface area contributed by atoms with Gasteiger partial charge in [0.05, 0.1) is 19.3 Å². The molecule has 142 valence electrons. The van der Waals surface area contributed by atoms with Crippen molar-refractivity contribution in [3.8, 4) is 5.75 Å². The molecule has 1 atom stereocenters. The van der Waals surface area contributed by atoms with Gasteiger partial charge in [-0.15, -0.1) is 0 Å². The van der Waals surface area contributed by atoms with Gasteiger partial charge >= 0.3 is 0 Å². The number of nitrogens with zero attached hydrogens (tertiary/aromatic N) is 3. The van der Waals surface area contributed by atoms with E-state index in [1.165, 1.54) is 5.56 Å². The number of fused-ring (bicyclic) bond motifs is 1. The lowest BCUT2D eigenvalue weighted by Crippen LogP contribution is -2.51. The minimum absolute atomic E-state index is 0.207. The molecule has 2 aromatic rings. The third-order valence-electron chi connectivity index (χ3n) is 5.63. The largest absolute Gasteiger partial charge is 0.495 e. The van der Waals surface area contributed by atoms with Crippen LogP contribution in [-0.2, 0) is 11.2 Å². The summed E-state index contributed by atoms with van der Waals surface area (Å²) >= 11 is 0. The Hall–Kier alpha value is -2.53. The third kappa shape index (κ3) is 3.52. The first-order chi connectivity index (χ1) is 13.2. The molecule has 0 aliphatic carbocycles. The Labute approximate surface area is 161 Å². The standard InChI is InChI=1S/C22H27N3O2/c1-17-15-18-7-3-4-8-19(18)25(17)22(26)16-23-11-13-24(14-12-23)20-9-5-6-10-21(20)27-2/h3-10,17H,11-16H2,1-2H3. The predicted octanol–water partition coefficient (Wildman–Crippen LogP) is 2.80. The number of rotatable bonds is 4. The smallest absolute Gasteiger partial charge is 0.241 e. The van der Waals surface area contributed by atoms with E-state index >= 15 is 0 Å². The number of carbonyl (C=O) groups is 1. The molecule has 1 fully saturated rings. The molecule has 1 saturated heterocycles. The summed E-state index contributed by atoms with van der Waals surface area (Å²) < 4.78 is 5.49. The highest BCUT2D eigenvalue weighted by atomic mass is 16.5. The van der Waals surface area contributed by atoms with Crippen molar-refractivity contribution < 1.29 is 9.53 Å². The van der Waals surface area contributed by atoms with Crippen LogP contribution in [0.4, 0.5) is 11.4 Å². The van der Waals surface area contributed by atoms with Crippen LogP contribution in [0.5, 0.6) is 5.75 Å². The van der Waals surface area contributed by atoms with Gasteiger partial charge in [0.15, 0.2) is 0 Å². The van der Waals surface area contributed by atoms with Gasteiger partial charge in [0, 0.05) is 37.9 Å². The number of anilines is 2. The van der Waals surface area contributed by atoms with E-state index < -0.39 is 0 Å². The molecule has 0 radical (unpaired) electrons. The molecule has 0 bridgehead atoms. The Morgan fingerprint density at radius 1 is 1.00 bits per heavy atom. The van der Waals surface area contributed by atoms with Crippen LogP contribution in [0.2, 0.25) is 0 Å². The van der Waals surface area contributed by atoms with Gasteiger partial charge in [0.2, 0.25) is 5.91 Å². The van der Waals surface area contributed by atoms with Crippen LogP contribution in [0.25, 0.3) is 0 Å². The molecule has 27 heavy (non-hydrogen) atoms. The fourth-order valence-corrected chi connectivity index (χ4v) is 4.25. The van der Waals surface area contributed by atoms with Crippen molar-refractivity contribution in [1.82, 2.24) is 4.90 Å². The number of benzene rings is 2. The molecule has 4 rings (SSSR count). The maximum Gasteiger partial charge on any atom is 0.241 e. The van der Waals surface area contributed by atoms with Gasteiger partial charge < -0.3 is 14.5 Å². The van der Waals surface area contributed by atoms with Crippen LogP contribution < -0.4 is 14.5 Å². The van der Waals surface area contributed by atoms with Crippen molar-refractivity contribution in [2.24, 2.45) is 0 Å². The van der Waals surface area contributed by atoms with E-state index in [9.17, 15) is 4.79 Å². The molecule has 1 unspecified atom stereocenters. The highest BCUT2D eigenvalue weighted by molar-refractivity contribution is 5.97. The lowest BCUT2D eigenvalue weighted by atomic mass is 10.1. The van der Waals surface area contributed by atoms with Crippen LogP contribution in [0.15, 0.2) is 48.5 Å². The molecule has 0 aromatic heterocycles. The molecule has 0 spiro atoms. The maximum atomic E-state index is 13.0. The Morgan fingerprint density at radius 2 is 1.67 bits per heavy atom. The second kappa shape index (κ2) is 7.61. The van der Waals surface area contributed by atoms with Gasteiger partial charge in [-0.05, 0) is 37.1 Å². The van der Waals surface area contributed by atoms with Crippen LogP contribution in [0, 0.1) is 0 Å². The van der Waals surface area contributed by atoms with Gasteiger partial charge in [0.25, 0.3) is 0 Å². The topological polar surface area (TPSA) is 36.0 Å². The van der Waals surface area contributed by atoms with E-state index in [0.717, 1.165) is 49.7 Å².